The van der Waals surface area contributed by atoms with Crippen molar-refractivity contribution in [2.24, 2.45) is 0 Å². The van der Waals surface area contributed by atoms with Gasteiger partial charge < -0.3 is 4.52 Å². The Bertz CT molecular complexity index is 496. The molecule has 0 bridgehead atoms. The Kier molecular flexibility index (Phi) is 2.51. The van der Waals surface area contributed by atoms with E-state index in [2.05, 4.69) is 9.68 Å². The topological polar surface area (TPSA) is 43.1 Å². The van der Waals surface area contributed by atoms with Crippen LogP contribution in [-0.4, -0.2) is 10.4 Å². The zero-order chi connectivity index (χ0) is 10.8. The molecular formula is C10H5ClFNO2. The van der Waals surface area contributed by atoms with Crippen molar-refractivity contribution < 1.29 is 13.7 Å². The lowest BCUT2D eigenvalue weighted by Gasteiger charge is -2.01. The van der Waals surface area contributed by atoms with Gasteiger partial charge in [0.2, 0.25) is 0 Å². The summed E-state index contributed by atoms with van der Waals surface area (Å²) in [4.78, 5) is 10.9. The molecule has 2 rings (SSSR count). The van der Waals surface area contributed by atoms with Crippen LogP contribution in [0.1, 0.15) is 10.4 Å². The first-order valence-electron chi connectivity index (χ1n) is 4.08. The van der Waals surface area contributed by atoms with Gasteiger partial charge in [0, 0.05) is 11.1 Å². The molecule has 0 unspecified atom stereocenters. The standard InChI is InChI=1S/C10H5ClFNO2/c11-10(14)8-3-1-2-7(9(8)12)6-4-13-15-5-6/h1-5H. The Labute approximate surface area is 89.4 Å². The molecule has 0 aliphatic heterocycles. The van der Waals surface area contributed by atoms with E-state index < -0.39 is 11.1 Å². The second-order valence-corrected chi connectivity index (χ2v) is 3.20. The van der Waals surface area contributed by atoms with Crippen molar-refractivity contribution in [2.75, 3.05) is 0 Å². The molecule has 0 saturated heterocycles. The molecule has 5 heteroatoms. The van der Waals surface area contributed by atoms with Crippen LogP contribution in [0.3, 0.4) is 0 Å². The summed E-state index contributed by atoms with van der Waals surface area (Å²) < 4.78 is 18.3. The molecule has 1 heterocycles. The highest BCUT2D eigenvalue weighted by molar-refractivity contribution is 6.67. The highest BCUT2D eigenvalue weighted by Gasteiger charge is 2.14. The van der Waals surface area contributed by atoms with E-state index in [1.54, 1.807) is 6.07 Å². The lowest BCUT2D eigenvalue weighted by atomic mass is 10.1. The first-order valence-corrected chi connectivity index (χ1v) is 4.46. The fourth-order valence-electron chi connectivity index (χ4n) is 1.24. The minimum absolute atomic E-state index is 0.157. The largest absolute Gasteiger partial charge is 0.364 e. The number of nitrogens with zero attached hydrogens (tertiary/aromatic N) is 1. The Morgan fingerprint density at radius 3 is 2.87 bits per heavy atom. The Balaban J connectivity index is 2.59. The molecule has 0 spiro atoms. The number of halogens is 2. The summed E-state index contributed by atoms with van der Waals surface area (Å²) in [5.41, 5.74) is 0.547. The van der Waals surface area contributed by atoms with Gasteiger partial charge in [0.05, 0.1) is 11.8 Å². The summed E-state index contributed by atoms with van der Waals surface area (Å²) in [5, 5.41) is 2.63. The van der Waals surface area contributed by atoms with Gasteiger partial charge in [0.1, 0.15) is 12.1 Å². The zero-order valence-corrected chi connectivity index (χ0v) is 8.16. The van der Waals surface area contributed by atoms with E-state index in [-0.39, 0.29) is 11.1 Å². The molecule has 2 aromatic rings. The molecular weight excluding hydrogens is 221 g/mol. The second-order valence-electron chi connectivity index (χ2n) is 2.85. The van der Waals surface area contributed by atoms with Crippen LogP contribution in [0.5, 0.6) is 0 Å². The van der Waals surface area contributed by atoms with Crippen molar-refractivity contribution >= 4 is 16.8 Å². The predicted molar refractivity (Wildman–Crippen MR) is 52.1 cm³/mol. The Morgan fingerprint density at radius 1 is 1.47 bits per heavy atom. The van der Waals surface area contributed by atoms with Gasteiger partial charge in [0.25, 0.3) is 5.24 Å². The molecule has 1 aromatic heterocycles. The fourth-order valence-corrected chi connectivity index (χ4v) is 1.39. The molecule has 0 saturated carbocycles. The molecule has 0 atom stereocenters. The van der Waals surface area contributed by atoms with Crippen LogP contribution in [0.15, 0.2) is 35.2 Å². The first kappa shape index (κ1) is 9.86. The van der Waals surface area contributed by atoms with Crippen LogP contribution in [0.25, 0.3) is 11.1 Å². The van der Waals surface area contributed by atoms with E-state index >= 15 is 0 Å². The number of aromatic nitrogens is 1. The summed E-state index contributed by atoms with van der Waals surface area (Å²) in [7, 11) is 0. The number of hydrogen-bond donors (Lipinski definition) is 0. The van der Waals surface area contributed by atoms with Crippen LogP contribution < -0.4 is 0 Å². The Morgan fingerprint density at radius 2 is 2.27 bits per heavy atom. The SMILES string of the molecule is O=C(Cl)c1cccc(-c2cnoc2)c1F. The molecule has 0 aliphatic carbocycles. The van der Waals surface area contributed by atoms with Crippen molar-refractivity contribution in [3.8, 4) is 11.1 Å². The number of benzene rings is 1. The normalized spacial score (nSPS) is 10.3. The molecule has 1 aromatic carbocycles. The van der Waals surface area contributed by atoms with E-state index in [9.17, 15) is 9.18 Å². The average molecular weight is 226 g/mol. The van der Waals surface area contributed by atoms with E-state index in [0.29, 0.717) is 5.56 Å². The number of carbonyl (C=O) groups is 1. The van der Waals surface area contributed by atoms with Gasteiger partial charge in [0.15, 0.2) is 0 Å². The lowest BCUT2D eigenvalue weighted by Crippen LogP contribution is -1.96. The second kappa shape index (κ2) is 3.82. The van der Waals surface area contributed by atoms with Gasteiger partial charge in [-0.05, 0) is 17.7 Å². The maximum absolute atomic E-state index is 13.7. The molecule has 0 aliphatic rings. The maximum Gasteiger partial charge on any atom is 0.255 e. The van der Waals surface area contributed by atoms with E-state index in [0.717, 1.165) is 0 Å². The third-order valence-corrected chi connectivity index (χ3v) is 2.16. The molecule has 15 heavy (non-hydrogen) atoms. The molecule has 0 radical (unpaired) electrons. The smallest absolute Gasteiger partial charge is 0.255 e. The van der Waals surface area contributed by atoms with Crippen molar-refractivity contribution in [1.29, 1.82) is 0 Å². The molecule has 0 fully saturated rings. The molecule has 3 nitrogen and oxygen atoms in total. The summed E-state index contributed by atoms with van der Waals surface area (Å²) in [5.74, 6) is -0.666. The predicted octanol–water partition coefficient (Wildman–Crippen LogP) is 2.86. The van der Waals surface area contributed by atoms with Crippen LogP contribution in [-0.2, 0) is 0 Å². The van der Waals surface area contributed by atoms with Crippen molar-refractivity contribution in [2.45, 2.75) is 0 Å². The molecule has 0 N–H and O–H groups in total. The van der Waals surface area contributed by atoms with Crippen molar-refractivity contribution in [3.63, 3.8) is 0 Å². The lowest BCUT2D eigenvalue weighted by molar-refractivity contribution is 0.107. The van der Waals surface area contributed by atoms with Crippen molar-refractivity contribution in [3.05, 3.63) is 42.0 Å². The van der Waals surface area contributed by atoms with E-state index in [4.69, 9.17) is 11.6 Å². The van der Waals surface area contributed by atoms with Gasteiger partial charge in [-0.3, -0.25) is 4.79 Å². The minimum Gasteiger partial charge on any atom is -0.364 e. The number of hydrogen-bond acceptors (Lipinski definition) is 3. The summed E-state index contributed by atoms with van der Waals surface area (Å²) >= 11 is 5.22. The van der Waals surface area contributed by atoms with Gasteiger partial charge in [-0.1, -0.05) is 17.3 Å². The number of rotatable bonds is 2. The third kappa shape index (κ3) is 1.76. The van der Waals surface area contributed by atoms with Gasteiger partial charge in [-0.2, -0.15) is 0 Å². The highest BCUT2D eigenvalue weighted by Crippen LogP contribution is 2.25. The van der Waals surface area contributed by atoms with Crippen LogP contribution in [0.4, 0.5) is 4.39 Å². The quantitative estimate of drug-likeness (QED) is 0.738. The monoisotopic (exact) mass is 225 g/mol. The summed E-state index contributed by atoms with van der Waals surface area (Å²) in [6.07, 6.45) is 2.65. The van der Waals surface area contributed by atoms with E-state index in [1.807, 2.05) is 0 Å². The van der Waals surface area contributed by atoms with Crippen LogP contribution in [0.2, 0.25) is 0 Å². The first-order chi connectivity index (χ1) is 7.20. The maximum atomic E-state index is 13.7. The third-order valence-electron chi connectivity index (χ3n) is 1.95. The molecule has 0 amide bonds. The van der Waals surface area contributed by atoms with Gasteiger partial charge in [-0.15, -0.1) is 0 Å². The van der Waals surface area contributed by atoms with Crippen LogP contribution in [0, 0.1) is 5.82 Å². The summed E-state index contributed by atoms with van der Waals surface area (Å²) in [6, 6.07) is 4.38. The average Bonchev–Trinajstić information content (AvgIpc) is 2.70. The fraction of sp³-hybridized carbons (Fsp3) is 0. The Hall–Kier alpha value is -1.68. The van der Waals surface area contributed by atoms with Gasteiger partial charge in [-0.25, -0.2) is 4.39 Å². The van der Waals surface area contributed by atoms with E-state index in [1.165, 1.54) is 24.6 Å². The van der Waals surface area contributed by atoms with Crippen molar-refractivity contribution in [1.82, 2.24) is 5.16 Å². The van der Waals surface area contributed by atoms with Gasteiger partial charge >= 0.3 is 0 Å². The number of carbonyl (C=O) groups excluding carboxylic acids is 1. The summed E-state index contributed by atoms with van der Waals surface area (Å²) in [6.45, 7) is 0. The highest BCUT2D eigenvalue weighted by atomic mass is 35.5. The zero-order valence-electron chi connectivity index (χ0n) is 7.41. The van der Waals surface area contributed by atoms with Crippen LogP contribution >= 0.6 is 11.6 Å². The minimum atomic E-state index is -0.828. The molecule has 76 valence electrons.